The number of carbonyl (C=O) groups excluding carboxylic acids is 1. The summed E-state index contributed by atoms with van der Waals surface area (Å²) in [6.07, 6.45) is 1.45. The van der Waals surface area contributed by atoms with Gasteiger partial charge in [-0.3, -0.25) is 4.79 Å². The number of aromatic nitrogens is 4. The Morgan fingerprint density at radius 1 is 0.920 bits per heavy atom. The highest BCUT2D eigenvalue weighted by atomic mass is 35.5. The second-order valence-electron chi connectivity index (χ2n) is 5.08. The molecule has 0 fully saturated rings. The van der Waals surface area contributed by atoms with Gasteiger partial charge in [0.05, 0.1) is 11.4 Å². The molecule has 0 unspecified atom stereocenters. The first-order chi connectivity index (χ1) is 11.8. The molecule has 0 amide bonds. The van der Waals surface area contributed by atoms with Crippen LogP contribution < -0.4 is 17.2 Å². The lowest BCUT2D eigenvalue weighted by atomic mass is 10.3. The minimum Gasteiger partial charge on any atom is -1.00 e. The van der Waals surface area contributed by atoms with E-state index in [1.54, 1.807) is 21.7 Å². The molecule has 7 heteroatoms. The number of para-hydroxylation sites is 2. The summed E-state index contributed by atoms with van der Waals surface area (Å²) in [6.45, 7) is 0. The third-order valence-electron chi connectivity index (χ3n) is 3.48. The molecule has 2 aromatic heterocycles. The lowest BCUT2D eigenvalue weighted by Gasteiger charge is -1.98. The number of nitrogens with zero attached hydrogens (tertiary/aromatic N) is 4. The van der Waals surface area contributed by atoms with E-state index in [0.717, 1.165) is 11.4 Å². The van der Waals surface area contributed by atoms with Gasteiger partial charge in [-0.25, -0.2) is 0 Å². The van der Waals surface area contributed by atoms with E-state index < -0.39 is 0 Å². The fourth-order valence-corrected chi connectivity index (χ4v) is 2.35. The van der Waals surface area contributed by atoms with Crippen LogP contribution >= 0.6 is 0 Å². The van der Waals surface area contributed by atoms with E-state index in [9.17, 15) is 4.79 Å². The zero-order chi connectivity index (χ0) is 16.4. The molecule has 0 N–H and O–H groups in total. The maximum absolute atomic E-state index is 12.5. The maximum Gasteiger partial charge on any atom is 0.383 e. The second-order valence-corrected chi connectivity index (χ2v) is 5.08. The molecule has 124 valence electrons. The molecule has 2 heterocycles. The topological polar surface area (TPSA) is 64.8 Å². The molecule has 0 saturated heterocycles. The number of rotatable bonds is 4. The molecule has 0 bridgehead atoms. The first kappa shape index (κ1) is 16.6. The first-order valence-electron chi connectivity index (χ1n) is 7.42. The Kier molecular flexibility index (Phi) is 4.72. The van der Waals surface area contributed by atoms with Crippen molar-refractivity contribution in [3.63, 3.8) is 0 Å². The highest BCUT2D eigenvalue weighted by Gasteiger charge is 2.29. The van der Waals surface area contributed by atoms with Crippen LogP contribution in [-0.2, 0) is 0 Å². The third-order valence-corrected chi connectivity index (χ3v) is 3.48. The van der Waals surface area contributed by atoms with E-state index in [0.29, 0.717) is 0 Å². The molecule has 0 atom stereocenters. The molecular formula is C18H13ClN4O2. The molecule has 6 nitrogen and oxygen atoms in total. The van der Waals surface area contributed by atoms with Crippen molar-refractivity contribution in [2.45, 2.75) is 0 Å². The molecule has 2 aromatic carbocycles. The summed E-state index contributed by atoms with van der Waals surface area (Å²) in [7, 11) is 0. The average Bonchev–Trinajstić information content (AvgIpc) is 3.33. The Morgan fingerprint density at radius 3 is 2.24 bits per heavy atom. The smallest absolute Gasteiger partial charge is 0.383 e. The van der Waals surface area contributed by atoms with Crippen molar-refractivity contribution >= 4 is 5.78 Å². The zero-order valence-corrected chi connectivity index (χ0v) is 13.7. The summed E-state index contributed by atoms with van der Waals surface area (Å²) in [5.41, 5.74) is 1.60. The summed E-state index contributed by atoms with van der Waals surface area (Å²) >= 11 is 0. The lowest BCUT2D eigenvalue weighted by molar-refractivity contribution is -0.735. The number of halogens is 1. The fourth-order valence-electron chi connectivity index (χ4n) is 2.35. The van der Waals surface area contributed by atoms with Crippen LogP contribution in [0.15, 0.2) is 83.5 Å². The highest BCUT2D eigenvalue weighted by molar-refractivity contribution is 6.04. The van der Waals surface area contributed by atoms with Crippen LogP contribution in [0.3, 0.4) is 0 Å². The van der Waals surface area contributed by atoms with Crippen molar-refractivity contribution in [2.24, 2.45) is 0 Å². The third kappa shape index (κ3) is 3.20. The summed E-state index contributed by atoms with van der Waals surface area (Å²) < 4.78 is 5.16. The van der Waals surface area contributed by atoms with Crippen molar-refractivity contribution in [3.8, 4) is 11.4 Å². The summed E-state index contributed by atoms with van der Waals surface area (Å²) in [4.78, 5) is 15.7. The van der Waals surface area contributed by atoms with Crippen LogP contribution in [0.4, 0.5) is 0 Å². The van der Waals surface area contributed by atoms with Gasteiger partial charge in [0, 0.05) is 4.80 Å². The summed E-state index contributed by atoms with van der Waals surface area (Å²) in [5.74, 6) is -0.0857. The standard InChI is InChI=1S/C18H13N4O2.ClH/c23-17(16-12-7-13-24-16)18-19-21(14-8-3-1-4-9-14)22(20-18)15-10-5-2-6-11-15;/h1-13H;1H/q+1;/p-1. The molecule has 4 aromatic rings. The molecular weight excluding hydrogens is 340 g/mol. The molecule has 0 spiro atoms. The van der Waals surface area contributed by atoms with Crippen LogP contribution in [0, 0.1) is 0 Å². The van der Waals surface area contributed by atoms with Crippen LogP contribution in [0.5, 0.6) is 0 Å². The average molecular weight is 353 g/mol. The van der Waals surface area contributed by atoms with Gasteiger partial charge in [0.15, 0.2) is 11.4 Å². The van der Waals surface area contributed by atoms with E-state index in [1.807, 2.05) is 60.7 Å². The van der Waals surface area contributed by atoms with Gasteiger partial charge in [0.25, 0.3) is 5.78 Å². The number of benzene rings is 2. The van der Waals surface area contributed by atoms with Crippen LogP contribution in [0.2, 0.25) is 0 Å². The second kappa shape index (κ2) is 7.11. The van der Waals surface area contributed by atoms with E-state index >= 15 is 0 Å². The molecule has 0 aliphatic heterocycles. The van der Waals surface area contributed by atoms with Crippen LogP contribution in [-0.4, -0.2) is 20.8 Å². The quantitative estimate of drug-likeness (QED) is 0.362. The van der Waals surface area contributed by atoms with Crippen molar-refractivity contribution < 1.29 is 26.4 Å². The Bertz CT molecular complexity index is 910. The SMILES string of the molecule is O=C(c1nn(-c2ccccc2)[n+](-c2ccccc2)n1)c1ccco1.[Cl-]. The predicted octanol–water partition coefficient (Wildman–Crippen LogP) is -0.628. The molecule has 4 rings (SSSR count). The summed E-state index contributed by atoms with van der Waals surface area (Å²) in [5, 5.41) is 8.74. The van der Waals surface area contributed by atoms with Gasteiger partial charge in [-0.05, 0) is 46.3 Å². The number of ketones is 1. The van der Waals surface area contributed by atoms with Gasteiger partial charge in [-0.2, -0.15) is 0 Å². The predicted molar refractivity (Wildman–Crippen MR) is 85.0 cm³/mol. The Hall–Kier alpha value is -3.25. The molecule has 25 heavy (non-hydrogen) atoms. The van der Waals surface area contributed by atoms with E-state index in [1.165, 1.54) is 6.26 Å². The number of carbonyl (C=O) groups is 1. The highest BCUT2D eigenvalue weighted by Crippen LogP contribution is 2.09. The van der Waals surface area contributed by atoms with Crippen molar-refractivity contribution in [3.05, 3.63) is 90.6 Å². The molecule has 0 saturated carbocycles. The minimum atomic E-state index is -0.362. The molecule has 0 aliphatic rings. The number of hydrogen-bond acceptors (Lipinski definition) is 4. The van der Waals surface area contributed by atoms with Gasteiger partial charge in [-0.15, -0.1) is 0 Å². The summed E-state index contributed by atoms with van der Waals surface area (Å²) in [6, 6.07) is 22.3. The van der Waals surface area contributed by atoms with Crippen LogP contribution in [0.25, 0.3) is 11.4 Å². The van der Waals surface area contributed by atoms with Crippen molar-refractivity contribution in [1.82, 2.24) is 15.0 Å². The number of tetrazole rings is 1. The van der Waals surface area contributed by atoms with E-state index in [2.05, 4.69) is 10.2 Å². The largest absolute Gasteiger partial charge is 1.00 e. The van der Waals surface area contributed by atoms with E-state index in [-0.39, 0.29) is 29.8 Å². The van der Waals surface area contributed by atoms with Crippen molar-refractivity contribution in [1.29, 1.82) is 0 Å². The monoisotopic (exact) mass is 352 g/mol. The lowest BCUT2D eigenvalue weighted by Crippen LogP contribution is -3.00. The molecule has 0 radical (unpaired) electrons. The normalized spacial score (nSPS) is 10.2. The van der Waals surface area contributed by atoms with Crippen LogP contribution in [0.1, 0.15) is 16.4 Å². The number of hydrogen-bond donors (Lipinski definition) is 0. The first-order valence-corrected chi connectivity index (χ1v) is 7.42. The Morgan fingerprint density at radius 2 is 1.60 bits per heavy atom. The van der Waals surface area contributed by atoms with E-state index in [4.69, 9.17) is 4.42 Å². The van der Waals surface area contributed by atoms with Gasteiger partial charge in [-0.1, -0.05) is 36.4 Å². The van der Waals surface area contributed by atoms with Gasteiger partial charge < -0.3 is 16.8 Å². The van der Waals surface area contributed by atoms with Crippen molar-refractivity contribution in [2.75, 3.05) is 0 Å². The molecule has 0 aliphatic carbocycles. The Labute approximate surface area is 149 Å². The van der Waals surface area contributed by atoms with Gasteiger partial charge >= 0.3 is 5.82 Å². The number of furan rings is 1. The van der Waals surface area contributed by atoms with Gasteiger partial charge in [0.2, 0.25) is 0 Å². The minimum absolute atomic E-state index is 0. The van der Waals surface area contributed by atoms with Gasteiger partial charge in [0.1, 0.15) is 5.69 Å². The maximum atomic E-state index is 12.5. The Balaban J connectivity index is 0.00000182. The fraction of sp³-hybridized carbons (Fsp3) is 0. The zero-order valence-electron chi connectivity index (χ0n) is 13.0.